The highest BCUT2D eigenvalue weighted by atomic mass is 28.3. The van der Waals surface area contributed by atoms with Crippen LogP contribution in [0.25, 0.3) is 0 Å². The number of hydrogen-bond acceptors (Lipinski definition) is 4. The van der Waals surface area contributed by atoms with Crippen LogP contribution in [0.2, 0.25) is 45.3 Å². The third-order valence-corrected chi connectivity index (χ3v) is 25.1. The van der Waals surface area contributed by atoms with Crippen molar-refractivity contribution >= 4 is 28.1 Å². The fourth-order valence-corrected chi connectivity index (χ4v) is 20.9. The molecule has 0 N–H and O–H groups in total. The molecule has 0 aliphatic rings. The molecule has 0 aromatic heterocycles. The largest absolute Gasteiger partial charge is 0.463 e. The maximum atomic E-state index is 12.0. The lowest BCUT2D eigenvalue weighted by atomic mass is 10.3. The van der Waals surface area contributed by atoms with Crippen LogP contribution in [0, 0.1) is 0 Å². The van der Waals surface area contributed by atoms with Crippen molar-refractivity contribution in [3.63, 3.8) is 0 Å². The van der Waals surface area contributed by atoms with E-state index in [0.717, 1.165) is 58.9 Å². The predicted molar refractivity (Wildman–Crippen MR) is 170 cm³/mol. The minimum Gasteiger partial charge on any atom is -0.463 e. The van der Waals surface area contributed by atoms with E-state index in [1.807, 2.05) is 0 Å². The molecule has 0 amide bonds. The van der Waals surface area contributed by atoms with Crippen LogP contribution in [0.4, 0.5) is 0 Å². The maximum Gasteiger partial charge on any atom is 0.331 e. The molecule has 0 saturated carbocycles. The third-order valence-electron chi connectivity index (χ3n) is 9.80. The number of ether oxygens (including phenoxy) is 2. The summed E-state index contributed by atoms with van der Waals surface area (Å²) in [7, 11) is -2.69. The van der Waals surface area contributed by atoms with Gasteiger partial charge in [0.25, 0.3) is 0 Å². The molecule has 0 radical (unpaired) electrons. The summed E-state index contributed by atoms with van der Waals surface area (Å²) in [4.78, 5) is 24.0. The van der Waals surface area contributed by atoms with Gasteiger partial charge in [-0.3, -0.25) is 0 Å². The average molecular weight is 569 g/mol. The summed E-state index contributed by atoms with van der Waals surface area (Å²) in [6.45, 7) is 29.7. The lowest BCUT2D eigenvalue weighted by molar-refractivity contribution is -0.140. The van der Waals surface area contributed by atoms with Gasteiger partial charge < -0.3 is 9.47 Å². The Morgan fingerprint density at radius 3 is 0.974 bits per heavy atom. The highest BCUT2D eigenvalue weighted by Gasteiger charge is 2.42. The van der Waals surface area contributed by atoms with Gasteiger partial charge in [0, 0.05) is 12.2 Å². The Morgan fingerprint density at radius 1 is 0.474 bits per heavy atom. The van der Waals surface area contributed by atoms with E-state index in [2.05, 4.69) is 83.1 Å². The SMILES string of the molecule is CC(C)[Si](CCCCCOC(=O)/C=C/C(=O)OCCCCC[Si](C(C)C)(C(C)C)C(C)C)(C(C)C)C(C)C. The van der Waals surface area contributed by atoms with E-state index in [4.69, 9.17) is 9.47 Å². The van der Waals surface area contributed by atoms with Gasteiger partial charge >= 0.3 is 11.9 Å². The Morgan fingerprint density at radius 2 is 0.737 bits per heavy atom. The molecule has 0 aromatic carbocycles. The summed E-state index contributed by atoms with van der Waals surface area (Å²) < 4.78 is 10.6. The van der Waals surface area contributed by atoms with Crippen LogP contribution >= 0.6 is 0 Å². The minimum atomic E-state index is -1.34. The first-order chi connectivity index (χ1) is 17.7. The molecule has 0 unspecified atom stereocenters. The molecule has 6 heteroatoms. The molecule has 0 aliphatic carbocycles. The Kier molecular flexibility index (Phi) is 18.0. The van der Waals surface area contributed by atoms with Gasteiger partial charge in [-0.05, 0) is 12.8 Å². The Labute approximate surface area is 239 Å². The van der Waals surface area contributed by atoms with Crippen LogP contribution in [0.1, 0.15) is 122 Å². The van der Waals surface area contributed by atoms with Crippen LogP contribution in [0.5, 0.6) is 0 Å². The molecule has 0 rings (SSSR count). The van der Waals surface area contributed by atoms with Crippen molar-refractivity contribution in [2.45, 2.75) is 167 Å². The van der Waals surface area contributed by atoms with Crippen molar-refractivity contribution in [3.05, 3.63) is 12.2 Å². The number of unbranched alkanes of at least 4 members (excludes halogenated alkanes) is 4. The molecule has 0 aromatic rings. The quantitative estimate of drug-likeness (QED) is 0.0634. The zero-order valence-corrected chi connectivity index (χ0v) is 29.3. The second-order valence-corrected chi connectivity index (χ2v) is 25.8. The molecule has 4 nitrogen and oxygen atoms in total. The second-order valence-electron chi connectivity index (χ2n) is 13.4. The van der Waals surface area contributed by atoms with Crippen LogP contribution in [-0.2, 0) is 19.1 Å². The zero-order valence-electron chi connectivity index (χ0n) is 27.3. The van der Waals surface area contributed by atoms with E-state index in [-0.39, 0.29) is 0 Å². The molecule has 0 aliphatic heterocycles. The maximum absolute atomic E-state index is 12.0. The molecule has 0 saturated heterocycles. The lowest BCUT2D eigenvalue weighted by Gasteiger charge is -2.43. The standard InChI is InChI=1S/C32H64O4Si2/c1-25(2)37(26(3)4,27(5)6)23-17-13-15-21-35-31(33)19-20-32(34)36-22-16-14-18-24-38(28(7)8,29(9)10)30(11)12/h19-20,25-30H,13-18,21-24H2,1-12H3/b20-19+. The van der Waals surface area contributed by atoms with E-state index >= 15 is 0 Å². The lowest BCUT2D eigenvalue weighted by Crippen LogP contribution is -2.44. The van der Waals surface area contributed by atoms with E-state index < -0.39 is 28.1 Å². The van der Waals surface area contributed by atoms with Crippen molar-refractivity contribution in [3.8, 4) is 0 Å². The Hall–Kier alpha value is -0.886. The van der Waals surface area contributed by atoms with Crippen LogP contribution in [0.15, 0.2) is 12.2 Å². The third kappa shape index (κ3) is 11.3. The van der Waals surface area contributed by atoms with E-state index in [1.54, 1.807) is 0 Å². The average Bonchev–Trinajstić information content (AvgIpc) is 2.80. The van der Waals surface area contributed by atoms with Crippen LogP contribution < -0.4 is 0 Å². The first kappa shape index (κ1) is 37.1. The topological polar surface area (TPSA) is 52.6 Å². The first-order valence-corrected chi connectivity index (χ1v) is 20.6. The van der Waals surface area contributed by atoms with Crippen molar-refractivity contribution in [1.29, 1.82) is 0 Å². The van der Waals surface area contributed by atoms with Gasteiger partial charge in [-0.1, -0.05) is 154 Å². The fourth-order valence-electron chi connectivity index (χ4n) is 7.73. The molecule has 0 atom stereocenters. The second kappa shape index (κ2) is 18.5. The molecule has 0 heterocycles. The van der Waals surface area contributed by atoms with Crippen LogP contribution in [0.3, 0.4) is 0 Å². The smallest absolute Gasteiger partial charge is 0.331 e. The molecule has 0 spiro atoms. The van der Waals surface area contributed by atoms with Gasteiger partial charge in [0.2, 0.25) is 0 Å². The summed E-state index contributed by atoms with van der Waals surface area (Å²) in [6.07, 6.45) is 8.71. The summed E-state index contributed by atoms with van der Waals surface area (Å²) in [5, 5.41) is 0. The van der Waals surface area contributed by atoms with E-state index in [9.17, 15) is 9.59 Å². The molecule has 38 heavy (non-hydrogen) atoms. The highest BCUT2D eigenvalue weighted by Crippen LogP contribution is 2.46. The van der Waals surface area contributed by atoms with Gasteiger partial charge in [0.1, 0.15) is 0 Å². The first-order valence-electron chi connectivity index (χ1n) is 15.7. The summed E-state index contributed by atoms with van der Waals surface area (Å²) >= 11 is 0. The van der Waals surface area contributed by atoms with Crippen LogP contribution in [-0.4, -0.2) is 41.3 Å². The molecular weight excluding hydrogens is 505 g/mol. The summed E-state index contributed by atoms with van der Waals surface area (Å²) in [5.41, 5.74) is 4.70. The summed E-state index contributed by atoms with van der Waals surface area (Å²) in [5.74, 6) is -0.927. The predicted octanol–water partition coefficient (Wildman–Crippen LogP) is 10.3. The highest BCUT2D eigenvalue weighted by molar-refractivity contribution is 6.84. The van der Waals surface area contributed by atoms with Gasteiger partial charge in [0.15, 0.2) is 0 Å². The van der Waals surface area contributed by atoms with Crippen molar-refractivity contribution in [2.24, 2.45) is 0 Å². The van der Waals surface area contributed by atoms with Gasteiger partial charge in [-0.2, -0.15) is 0 Å². The number of rotatable bonds is 20. The van der Waals surface area contributed by atoms with Gasteiger partial charge in [0.05, 0.1) is 29.4 Å². The fraction of sp³-hybridized carbons (Fsp3) is 0.875. The Balaban J connectivity index is 4.22. The molecule has 224 valence electrons. The number of carbonyl (C=O) groups excluding carboxylic acids is 2. The normalized spacial score (nSPS) is 13.2. The van der Waals surface area contributed by atoms with Gasteiger partial charge in [-0.25, -0.2) is 9.59 Å². The monoisotopic (exact) mass is 568 g/mol. The van der Waals surface area contributed by atoms with Crippen molar-refractivity contribution < 1.29 is 19.1 Å². The summed E-state index contributed by atoms with van der Waals surface area (Å²) in [6, 6.07) is 2.69. The molecular formula is C32H64O4Si2. The van der Waals surface area contributed by atoms with Crippen molar-refractivity contribution in [1.82, 2.24) is 0 Å². The van der Waals surface area contributed by atoms with Crippen molar-refractivity contribution in [2.75, 3.05) is 13.2 Å². The molecule has 0 bridgehead atoms. The Bertz CT molecular complexity index is 594. The number of esters is 2. The van der Waals surface area contributed by atoms with E-state index in [0.29, 0.717) is 13.2 Å². The van der Waals surface area contributed by atoms with Gasteiger partial charge in [-0.15, -0.1) is 0 Å². The molecule has 0 fully saturated rings. The zero-order chi connectivity index (χ0) is 29.5. The van der Waals surface area contributed by atoms with E-state index in [1.165, 1.54) is 37.1 Å². The minimum absolute atomic E-state index is 0.408. The number of carbonyl (C=O) groups is 2. The number of hydrogen-bond donors (Lipinski definition) is 0.